The lowest BCUT2D eigenvalue weighted by Gasteiger charge is -2.12. The van der Waals surface area contributed by atoms with Crippen LogP contribution in [0.25, 0.3) is 0 Å². The molecule has 0 aliphatic carbocycles. The third-order valence-corrected chi connectivity index (χ3v) is 4.91. The lowest BCUT2D eigenvalue weighted by molar-refractivity contribution is 0.563. The van der Waals surface area contributed by atoms with Crippen LogP contribution in [0, 0.1) is 5.92 Å². The average molecular weight is 276 g/mol. The fourth-order valence-corrected chi connectivity index (χ4v) is 3.87. The number of rotatable bonds is 5. The summed E-state index contributed by atoms with van der Waals surface area (Å²) in [5, 5.41) is 0.415. The lowest BCUT2D eigenvalue weighted by atomic mass is 10.2. The van der Waals surface area contributed by atoms with E-state index in [-0.39, 0.29) is 17.4 Å². The van der Waals surface area contributed by atoms with Crippen molar-refractivity contribution in [2.24, 2.45) is 5.92 Å². The van der Waals surface area contributed by atoms with Crippen LogP contribution >= 0.6 is 11.6 Å². The number of nitrogens with two attached hydrogens (primary N) is 1. The van der Waals surface area contributed by atoms with Crippen LogP contribution in [0.15, 0.2) is 18.2 Å². The molecular formula is C12H18ClNO2S. The topological polar surface area (TPSA) is 60.2 Å². The summed E-state index contributed by atoms with van der Waals surface area (Å²) < 4.78 is 23.9. The molecule has 0 amide bonds. The van der Waals surface area contributed by atoms with Crippen molar-refractivity contribution in [3.05, 3.63) is 28.8 Å². The maximum Gasteiger partial charge on any atom is 0.154 e. The van der Waals surface area contributed by atoms with Crippen LogP contribution in [0.4, 0.5) is 5.69 Å². The van der Waals surface area contributed by atoms with Crippen LogP contribution in [0.2, 0.25) is 5.02 Å². The third-order valence-electron chi connectivity index (χ3n) is 2.75. The molecule has 0 fully saturated rings. The Morgan fingerprint density at radius 3 is 2.59 bits per heavy atom. The summed E-state index contributed by atoms with van der Waals surface area (Å²) in [6.07, 6.45) is 0.844. The summed E-state index contributed by atoms with van der Waals surface area (Å²) in [4.78, 5) is 0. The van der Waals surface area contributed by atoms with E-state index in [0.717, 1.165) is 6.42 Å². The summed E-state index contributed by atoms with van der Waals surface area (Å²) in [5.41, 5.74) is 6.69. The number of anilines is 1. The summed E-state index contributed by atoms with van der Waals surface area (Å²) in [5.74, 6) is 0.250. The summed E-state index contributed by atoms with van der Waals surface area (Å²) in [6, 6.07) is 5.04. The Kier molecular flexibility index (Phi) is 4.83. The first-order valence-corrected chi connectivity index (χ1v) is 7.79. The van der Waals surface area contributed by atoms with Gasteiger partial charge in [0.15, 0.2) is 9.84 Å². The zero-order valence-electron chi connectivity index (χ0n) is 10.1. The molecule has 2 N–H and O–H groups in total. The predicted molar refractivity (Wildman–Crippen MR) is 72.8 cm³/mol. The van der Waals surface area contributed by atoms with Crippen molar-refractivity contribution in [2.45, 2.75) is 26.0 Å². The first-order chi connectivity index (χ1) is 7.85. The Hall–Kier alpha value is -0.740. The van der Waals surface area contributed by atoms with E-state index in [1.807, 2.05) is 13.8 Å². The predicted octanol–water partition coefficient (Wildman–Crippen LogP) is 2.88. The number of nitrogen functional groups attached to an aromatic ring is 1. The van der Waals surface area contributed by atoms with E-state index >= 15 is 0 Å². The highest BCUT2D eigenvalue weighted by atomic mass is 35.5. The Labute approximate surface area is 108 Å². The molecule has 5 heteroatoms. The first kappa shape index (κ1) is 14.3. The van der Waals surface area contributed by atoms with E-state index in [1.165, 1.54) is 0 Å². The average Bonchev–Trinajstić information content (AvgIpc) is 2.23. The van der Waals surface area contributed by atoms with Crippen molar-refractivity contribution in [1.82, 2.24) is 0 Å². The molecule has 1 atom stereocenters. The van der Waals surface area contributed by atoms with Gasteiger partial charge in [-0.25, -0.2) is 8.42 Å². The normalized spacial score (nSPS) is 13.6. The van der Waals surface area contributed by atoms with Gasteiger partial charge in [0.05, 0.1) is 11.5 Å². The molecule has 1 unspecified atom stereocenters. The highest BCUT2D eigenvalue weighted by Crippen LogP contribution is 2.25. The van der Waals surface area contributed by atoms with Gasteiger partial charge < -0.3 is 5.73 Å². The van der Waals surface area contributed by atoms with Crippen LogP contribution in [-0.2, 0) is 15.6 Å². The number of benzene rings is 1. The minimum absolute atomic E-state index is 0.0805. The fraction of sp³-hybridized carbons (Fsp3) is 0.500. The Morgan fingerprint density at radius 1 is 1.41 bits per heavy atom. The van der Waals surface area contributed by atoms with Gasteiger partial charge in [0.1, 0.15) is 0 Å². The van der Waals surface area contributed by atoms with E-state index in [2.05, 4.69) is 0 Å². The Balaban J connectivity index is 2.91. The van der Waals surface area contributed by atoms with Gasteiger partial charge in [-0.2, -0.15) is 0 Å². The molecule has 1 rings (SSSR count). The van der Waals surface area contributed by atoms with Crippen LogP contribution in [0.3, 0.4) is 0 Å². The van der Waals surface area contributed by atoms with E-state index in [0.29, 0.717) is 16.3 Å². The number of halogens is 1. The molecule has 0 aromatic heterocycles. The van der Waals surface area contributed by atoms with Gasteiger partial charge in [0.2, 0.25) is 0 Å². The van der Waals surface area contributed by atoms with Gasteiger partial charge in [0, 0.05) is 16.3 Å². The molecule has 0 spiro atoms. The van der Waals surface area contributed by atoms with E-state index in [1.54, 1.807) is 18.2 Å². The highest BCUT2D eigenvalue weighted by molar-refractivity contribution is 7.90. The first-order valence-electron chi connectivity index (χ1n) is 5.59. The van der Waals surface area contributed by atoms with Gasteiger partial charge in [-0.15, -0.1) is 0 Å². The quantitative estimate of drug-likeness (QED) is 0.841. The van der Waals surface area contributed by atoms with Crippen molar-refractivity contribution in [3.8, 4) is 0 Å². The smallest absolute Gasteiger partial charge is 0.154 e. The maximum atomic E-state index is 12.0. The van der Waals surface area contributed by atoms with Gasteiger partial charge in [0.25, 0.3) is 0 Å². The minimum Gasteiger partial charge on any atom is -0.398 e. The van der Waals surface area contributed by atoms with E-state index in [9.17, 15) is 8.42 Å². The van der Waals surface area contributed by atoms with Crippen LogP contribution in [0.1, 0.15) is 25.8 Å². The van der Waals surface area contributed by atoms with Crippen LogP contribution in [0.5, 0.6) is 0 Å². The van der Waals surface area contributed by atoms with Crippen molar-refractivity contribution in [2.75, 3.05) is 11.5 Å². The zero-order valence-corrected chi connectivity index (χ0v) is 11.7. The largest absolute Gasteiger partial charge is 0.398 e. The summed E-state index contributed by atoms with van der Waals surface area (Å²) in [6.45, 7) is 3.90. The van der Waals surface area contributed by atoms with Crippen molar-refractivity contribution in [3.63, 3.8) is 0 Å². The second-order valence-corrected chi connectivity index (χ2v) is 6.89. The number of sulfone groups is 1. The molecule has 17 heavy (non-hydrogen) atoms. The summed E-state index contributed by atoms with van der Waals surface area (Å²) >= 11 is 5.96. The molecule has 0 aliphatic heterocycles. The molecule has 0 saturated carbocycles. The van der Waals surface area contributed by atoms with Crippen LogP contribution < -0.4 is 5.73 Å². The molecular weight excluding hydrogens is 258 g/mol. The molecule has 0 aliphatic rings. The van der Waals surface area contributed by atoms with Gasteiger partial charge in [-0.05, 0) is 18.1 Å². The third kappa shape index (κ3) is 4.21. The SMILES string of the molecule is CCC(C)CS(=O)(=O)Cc1c(N)cccc1Cl. The second kappa shape index (κ2) is 5.74. The monoisotopic (exact) mass is 275 g/mol. The lowest BCUT2D eigenvalue weighted by Crippen LogP contribution is -2.16. The molecule has 0 saturated heterocycles. The number of hydrogen-bond acceptors (Lipinski definition) is 3. The minimum atomic E-state index is -3.16. The number of hydrogen-bond donors (Lipinski definition) is 1. The standard InChI is InChI=1S/C12H18ClNO2S/c1-3-9(2)7-17(15,16)8-10-11(13)5-4-6-12(10)14/h4-6,9H,3,7-8,14H2,1-2H3. The molecule has 1 aromatic rings. The molecule has 1 aromatic carbocycles. The Morgan fingerprint density at radius 2 is 2.06 bits per heavy atom. The van der Waals surface area contributed by atoms with Gasteiger partial charge in [-0.3, -0.25) is 0 Å². The molecule has 3 nitrogen and oxygen atoms in total. The van der Waals surface area contributed by atoms with Crippen molar-refractivity contribution >= 4 is 27.1 Å². The maximum absolute atomic E-state index is 12.0. The van der Waals surface area contributed by atoms with Gasteiger partial charge in [-0.1, -0.05) is 37.9 Å². The highest BCUT2D eigenvalue weighted by Gasteiger charge is 2.18. The fourth-order valence-electron chi connectivity index (χ4n) is 1.56. The zero-order chi connectivity index (χ0) is 13.1. The van der Waals surface area contributed by atoms with E-state index < -0.39 is 9.84 Å². The Bertz CT molecular complexity index is 465. The van der Waals surface area contributed by atoms with Crippen molar-refractivity contribution < 1.29 is 8.42 Å². The van der Waals surface area contributed by atoms with E-state index in [4.69, 9.17) is 17.3 Å². The van der Waals surface area contributed by atoms with Gasteiger partial charge >= 0.3 is 0 Å². The summed E-state index contributed by atoms with van der Waals surface area (Å²) in [7, 11) is -3.16. The van der Waals surface area contributed by atoms with Crippen LogP contribution in [-0.4, -0.2) is 14.2 Å². The second-order valence-electron chi connectivity index (χ2n) is 4.38. The molecule has 0 heterocycles. The molecule has 96 valence electrons. The molecule has 0 bridgehead atoms. The van der Waals surface area contributed by atoms with Crippen molar-refractivity contribution in [1.29, 1.82) is 0 Å². The molecule has 0 radical (unpaired) electrons.